The molecule has 1 aliphatic rings. The number of nitrogens with zero attached hydrogens (tertiary/aromatic N) is 2. The van der Waals surface area contributed by atoms with Crippen molar-refractivity contribution in [2.75, 3.05) is 25.0 Å². The first-order chi connectivity index (χ1) is 12.3. The highest BCUT2D eigenvalue weighted by atomic mass is 32.2. The zero-order valence-electron chi connectivity index (χ0n) is 15.0. The van der Waals surface area contributed by atoms with Crippen LogP contribution in [0.3, 0.4) is 0 Å². The summed E-state index contributed by atoms with van der Waals surface area (Å²) in [6, 6.07) is 15.2. The quantitative estimate of drug-likeness (QED) is 0.874. The van der Waals surface area contributed by atoms with Crippen molar-refractivity contribution in [2.45, 2.75) is 20.4 Å². The summed E-state index contributed by atoms with van der Waals surface area (Å²) in [6.45, 7) is 4.79. The van der Waals surface area contributed by atoms with Crippen molar-refractivity contribution in [2.24, 2.45) is 0 Å². The van der Waals surface area contributed by atoms with E-state index in [4.69, 9.17) is 0 Å². The number of aryl methyl sites for hydroxylation is 2. The van der Waals surface area contributed by atoms with Gasteiger partial charge >= 0.3 is 0 Å². The summed E-state index contributed by atoms with van der Waals surface area (Å²) in [6.07, 6.45) is 0. The Morgan fingerprint density at radius 2 is 1.46 bits per heavy atom. The number of nitrogens with one attached hydrogen (secondary N) is 1. The predicted octanol–water partition coefficient (Wildman–Crippen LogP) is 2.30. The average Bonchev–Trinajstić information content (AvgIpc) is 2.86. The number of carbonyl (C=O) groups is 1. The molecule has 0 aromatic heterocycles. The van der Waals surface area contributed by atoms with Gasteiger partial charge in [0.05, 0.1) is 6.54 Å². The number of rotatable bonds is 5. The number of amides is 1. The van der Waals surface area contributed by atoms with Gasteiger partial charge in [0, 0.05) is 25.3 Å². The Kier molecular flexibility index (Phi) is 5.41. The van der Waals surface area contributed by atoms with Crippen molar-refractivity contribution in [3.8, 4) is 0 Å². The van der Waals surface area contributed by atoms with Crippen LogP contribution < -0.4 is 5.32 Å². The number of anilines is 1. The van der Waals surface area contributed by atoms with Crippen LogP contribution in [0.4, 0.5) is 5.69 Å². The van der Waals surface area contributed by atoms with E-state index in [1.165, 1.54) is 8.61 Å². The van der Waals surface area contributed by atoms with Gasteiger partial charge in [0.1, 0.15) is 0 Å². The molecular weight excluding hydrogens is 350 g/mol. The van der Waals surface area contributed by atoms with Crippen LogP contribution in [0.15, 0.2) is 48.5 Å². The van der Waals surface area contributed by atoms with Crippen molar-refractivity contribution in [3.63, 3.8) is 0 Å². The first kappa shape index (κ1) is 18.6. The summed E-state index contributed by atoms with van der Waals surface area (Å²) >= 11 is 0. The van der Waals surface area contributed by atoms with Gasteiger partial charge in [-0.25, -0.2) is 0 Å². The van der Waals surface area contributed by atoms with E-state index in [1.54, 1.807) is 12.1 Å². The molecule has 3 rings (SSSR count). The highest BCUT2D eigenvalue weighted by Gasteiger charge is 2.37. The first-order valence-electron chi connectivity index (χ1n) is 8.52. The molecule has 0 atom stereocenters. The van der Waals surface area contributed by atoms with E-state index in [-0.39, 0.29) is 12.5 Å². The van der Waals surface area contributed by atoms with E-state index < -0.39 is 10.2 Å². The molecule has 26 heavy (non-hydrogen) atoms. The molecule has 1 heterocycles. The van der Waals surface area contributed by atoms with Gasteiger partial charge in [-0.1, -0.05) is 47.5 Å². The zero-order valence-corrected chi connectivity index (χ0v) is 15.8. The smallest absolute Gasteiger partial charge is 0.282 e. The predicted molar refractivity (Wildman–Crippen MR) is 102 cm³/mol. The van der Waals surface area contributed by atoms with E-state index >= 15 is 0 Å². The third-order valence-corrected chi connectivity index (χ3v) is 6.31. The molecule has 0 saturated carbocycles. The number of hydrogen-bond donors (Lipinski definition) is 1. The standard InChI is InChI=1S/C19H23N3O3S/c1-15-3-7-17(8-4-15)13-21-11-12-22(26(21,24)25)14-19(23)20-18-9-5-16(2)6-10-18/h3-10H,11-14H2,1-2H3,(H,20,23). The van der Waals surface area contributed by atoms with E-state index in [1.807, 2.05) is 50.2 Å². The second-order valence-electron chi connectivity index (χ2n) is 6.57. The SMILES string of the molecule is Cc1ccc(CN2CCN(CC(=O)Nc3ccc(C)cc3)S2(=O)=O)cc1. The summed E-state index contributed by atoms with van der Waals surface area (Å²) in [5.41, 5.74) is 3.82. The molecule has 0 spiro atoms. The van der Waals surface area contributed by atoms with Crippen LogP contribution in [-0.2, 0) is 21.5 Å². The minimum Gasteiger partial charge on any atom is -0.325 e. The van der Waals surface area contributed by atoms with Gasteiger partial charge in [-0.05, 0) is 31.5 Å². The molecule has 0 aliphatic carbocycles. The molecule has 1 amide bonds. The molecule has 0 unspecified atom stereocenters. The topological polar surface area (TPSA) is 69.7 Å². The van der Waals surface area contributed by atoms with Crippen LogP contribution >= 0.6 is 0 Å². The lowest BCUT2D eigenvalue weighted by Crippen LogP contribution is -2.37. The molecule has 1 aliphatic heterocycles. The molecule has 138 valence electrons. The lowest BCUT2D eigenvalue weighted by atomic mass is 10.1. The van der Waals surface area contributed by atoms with Crippen molar-refractivity contribution in [1.82, 2.24) is 8.61 Å². The van der Waals surface area contributed by atoms with Crippen molar-refractivity contribution in [3.05, 3.63) is 65.2 Å². The molecule has 1 fully saturated rings. The summed E-state index contributed by atoms with van der Waals surface area (Å²) in [4.78, 5) is 12.2. The normalized spacial score (nSPS) is 17.3. The van der Waals surface area contributed by atoms with Gasteiger partial charge in [0.2, 0.25) is 5.91 Å². The Balaban J connectivity index is 1.61. The third kappa shape index (κ3) is 4.30. The van der Waals surface area contributed by atoms with Gasteiger partial charge in [-0.3, -0.25) is 4.79 Å². The van der Waals surface area contributed by atoms with E-state index in [0.717, 1.165) is 16.7 Å². The van der Waals surface area contributed by atoms with E-state index in [2.05, 4.69) is 5.32 Å². The second-order valence-corrected chi connectivity index (χ2v) is 8.50. The largest absolute Gasteiger partial charge is 0.325 e. The highest BCUT2D eigenvalue weighted by molar-refractivity contribution is 7.87. The third-order valence-electron chi connectivity index (χ3n) is 4.39. The van der Waals surface area contributed by atoms with Crippen LogP contribution in [0.2, 0.25) is 0 Å². The molecule has 0 radical (unpaired) electrons. The van der Waals surface area contributed by atoms with E-state index in [9.17, 15) is 13.2 Å². The lowest BCUT2D eigenvalue weighted by Gasteiger charge is -2.18. The Morgan fingerprint density at radius 3 is 2.08 bits per heavy atom. The van der Waals surface area contributed by atoms with Crippen molar-refractivity contribution >= 4 is 21.8 Å². The van der Waals surface area contributed by atoms with Crippen LogP contribution in [0.5, 0.6) is 0 Å². The van der Waals surface area contributed by atoms with Crippen molar-refractivity contribution in [1.29, 1.82) is 0 Å². The van der Waals surface area contributed by atoms with Gasteiger partial charge < -0.3 is 5.32 Å². The molecule has 6 nitrogen and oxygen atoms in total. The average molecular weight is 373 g/mol. The minimum absolute atomic E-state index is 0.180. The lowest BCUT2D eigenvalue weighted by molar-refractivity contribution is -0.116. The monoisotopic (exact) mass is 373 g/mol. The molecule has 1 N–H and O–H groups in total. The summed E-state index contributed by atoms with van der Waals surface area (Å²) in [5.74, 6) is -0.338. The van der Waals surface area contributed by atoms with Crippen LogP contribution in [-0.4, -0.2) is 42.6 Å². The van der Waals surface area contributed by atoms with Gasteiger partial charge in [0.25, 0.3) is 10.2 Å². The van der Waals surface area contributed by atoms with Crippen LogP contribution in [0, 0.1) is 13.8 Å². The maximum Gasteiger partial charge on any atom is 0.282 e. The fraction of sp³-hybridized carbons (Fsp3) is 0.316. The summed E-state index contributed by atoms with van der Waals surface area (Å²) in [5, 5.41) is 2.74. The number of carbonyl (C=O) groups excluding carboxylic acids is 1. The second kappa shape index (κ2) is 7.57. The zero-order chi connectivity index (χ0) is 18.7. The van der Waals surface area contributed by atoms with Gasteiger partial charge in [0.15, 0.2) is 0 Å². The maximum absolute atomic E-state index is 12.7. The van der Waals surface area contributed by atoms with Crippen LogP contribution in [0.1, 0.15) is 16.7 Å². The molecule has 1 saturated heterocycles. The molecule has 7 heteroatoms. The molecule has 0 bridgehead atoms. The summed E-state index contributed by atoms with van der Waals surface area (Å²) in [7, 11) is -3.62. The van der Waals surface area contributed by atoms with Crippen molar-refractivity contribution < 1.29 is 13.2 Å². The molecular formula is C19H23N3O3S. The molecule has 2 aromatic carbocycles. The fourth-order valence-electron chi connectivity index (χ4n) is 2.83. The van der Waals surface area contributed by atoms with Gasteiger partial charge in [-0.2, -0.15) is 17.0 Å². The number of benzene rings is 2. The van der Waals surface area contributed by atoms with Crippen LogP contribution in [0.25, 0.3) is 0 Å². The Morgan fingerprint density at radius 1 is 0.923 bits per heavy atom. The minimum atomic E-state index is -3.62. The highest BCUT2D eigenvalue weighted by Crippen LogP contribution is 2.20. The Labute approximate surface area is 154 Å². The fourth-order valence-corrected chi connectivity index (χ4v) is 4.38. The number of hydrogen-bond acceptors (Lipinski definition) is 3. The Bertz CT molecular complexity index is 877. The summed E-state index contributed by atoms with van der Waals surface area (Å²) < 4.78 is 28.0. The van der Waals surface area contributed by atoms with Gasteiger partial charge in [-0.15, -0.1) is 0 Å². The first-order valence-corrected chi connectivity index (χ1v) is 9.91. The van der Waals surface area contributed by atoms with E-state index in [0.29, 0.717) is 25.3 Å². The molecule has 2 aromatic rings. The maximum atomic E-state index is 12.7. The Hall–Kier alpha value is -2.22.